The first-order valence-electron chi connectivity index (χ1n) is 10.7. The predicted octanol–water partition coefficient (Wildman–Crippen LogP) is 2.45. The van der Waals surface area contributed by atoms with Gasteiger partial charge in [0.1, 0.15) is 0 Å². The van der Waals surface area contributed by atoms with E-state index in [0.29, 0.717) is 13.1 Å². The molecule has 0 bridgehead atoms. The van der Waals surface area contributed by atoms with Gasteiger partial charge in [-0.3, -0.25) is 19.4 Å². The highest BCUT2D eigenvalue weighted by atomic mass is 16.2. The number of para-hydroxylation sites is 1. The Morgan fingerprint density at radius 1 is 0.900 bits per heavy atom. The maximum Gasteiger partial charge on any atom is 0.241 e. The minimum Gasteiger partial charge on any atom is -0.325 e. The number of nitrogens with one attached hydrogen (secondary N) is 1. The second-order valence-electron chi connectivity index (χ2n) is 8.34. The normalized spacial score (nSPS) is 17.1. The van der Waals surface area contributed by atoms with Gasteiger partial charge in [0, 0.05) is 44.1 Å². The van der Waals surface area contributed by atoms with E-state index in [4.69, 9.17) is 0 Å². The molecule has 0 atom stereocenters. The second kappa shape index (κ2) is 8.98. The molecule has 0 aromatic heterocycles. The summed E-state index contributed by atoms with van der Waals surface area (Å²) in [6, 6.07) is 14.2. The van der Waals surface area contributed by atoms with Crippen LogP contribution in [0.2, 0.25) is 0 Å². The number of fused-ring (bicyclic) bond motifs is 1. The Hall–Kier alpha value is -2.70. The summed E-state index contributed by atoms with van der Waals surface area (Å²) in [5.41, 5.74) is 5.46. The van der Waals surface area contributed by atoms with Gasteiger partial charge in [0.05, 0.1) is 13.1 Å². The molecular weight excluding hydrogens is 376 g/mol. The average molecular weight is 407 g/mol. The van der Waals surface area contributed by atoms with Gasteiger partial charge in [0.25, 0.3) is 0 Å². The molecule has 1 fully saturated rings. The van der Waals surface area contributed by atoms with Gasteiger partial charge in [-0.2, -0.15) is 0 Å². The average Bonchev–Trinajstić information content (AvgIpc) is 3.16. The summed E-state index contributed by atoms with van der Waals surface area (Å²) in [7, 11) is 0. The van der Waals surface area contributed by atoms with Gasteiger partial charge in [0.2, 0.25) is 11.8 Å². The summed E-state index contributed by atoms with van der Waals surface area (Å²) in [4.78, 5) is 31.5. The Labute approximate surface area is 178 Å². The molecule has 2 heterocycles. The topological polar surface area (TPSA) is 55.9 Å². The molecule has 0 saturated carbocycles. The van der Waals surface area contributed by atoms with Crippen LogP contribution in [-0.4, -0.2) is 67.4 Å². The van der Waals surface area contributed by atoms with Crippen molar-refractivity contribution >= 4 is 23.2 Å². The number of carbonyl (C=O) groups excluding carboxylic acids is 2. The molecule has 2 aromatic carbocycles. The van der Waals surface area contributed by atoms with Crippen LogP contribution in [0.5, 0.6) is 0 Å². The van der Waals surface area contributed by atoms with Crippen molar-refractivity contribution in [2.75, 3.05) is 56.0 Å². The molecule has 1 saturated heterocycles. The maximum absolute atomic E-state index is 12.8. The zero-order chi connectivity index (χ0) is 21.1. The van der Waals surface area contributed by atoms with E-state index in [9.17, 15) is 9.59 Å². The Morgan fingerprint density at radius 2 is 1.60 bits per heavy atom. The lowest BCUT2D eigenvalue weighted by Gasteiger charge is -2.34. The number of carbonyl (C=O) groups is 2. The molecule has 2 aromatic rings. The number of anilines is 2. The minimum absolute atomic E-state index is 0.0140. The third-order valence-corrected chi connectivity index (χ3v) is 6.04. The van der Waals surface area contributed by atoms with Gasteiger partial charge in [-0.15, -0.1) is 0 Å². The van der Waals surface area contributed by atoms with Gasteiger partial charge in [-0.25, -0.2) is 0 Å². The van der Waals surface area contributed by atoms with Crippen LogP contribution in [0.3, 0.4) is 0 Å². The fraction of sp³-hybridized carbons (Fsp3) is 0.417. The van der Waals surface area contributed by atoms with Crippen LogP contribution in [0.25, 0.3) is 0 Å². The summed E-state index contributed by atoms with van der Waals surface area (Å²) in [5, 5.41) is 3.02. The number of amides is 2. The molecule has 2 aliphatic rings. The Bertz CT molecular complexity index is 935. The monoisotopic (exact) mass is 406 g/mol. The highest BCUT2D eigenvalue weighted by Crippen LogP contribution is 2.27. The molecule has 6 heteroatoms. The van der Waals surface area contributed by atoms with Crippen LogP contribution < -0.4 is 10.2 Å². The summed E-state index contributed by atoms with van der Waals surface area (Å²) < 4.78 is 0. The number of rotatable bonds is 5. The first-order valence-corrected chi connectivity index (χ1v) is 10.7. The molecule has 4 rings (SSSR count). The van der Waals surface area contributed by atoms with E-state index in [1.54, 1.807) is 0 Å². The van der Waals surface area contributed by atoms with Crippen LogP contribution in [0.1, 0.15) is 16.7 Å². The third-order valence-electron chi connectivity index (χ3n) is 6.04. The minimum atomic E-state index is 0.0140. The first kappa shape index (κ1) is 20.6. The second-order valence-corrected chi connectivity index (χ2v) is 8.34. The van der Waals surface area contributed by atoms with Crippen molar-refractivity contribution in [3.05, 3.63) is 59.2 Å². The first-order chi connectivity index (χ1) is 14.5. The number of hydrogen-bond acceptors (Lipinski definition) is 4. The molecular formula is C24H30N4O2. The highest BCUT2D eigenvalue weighted by Gasteiger charge is 2.27. The lowest BCUT2D eigenvalue weighted by atomic mass is 10.1. The maximum atomic E-state index is 12.8. The molecule has 1 N–H and O–H groups in total. The van der Waals surface area contributed by atoms with E-state index in [-0.39, 0.29) is 11.8 Å². The number of hydrogen-bond donors (Lipinski definition) is 1. The highest BCUT2D eigenvalue weighted by molar-refractivity contribution is 5.96. The van der Waals surface area contributed by atoms with Crippen LogP contribution in [0.15, 0.2) is 42.5 Å². The smallest absolute Gasteiger partial charge is 0.241 e. The Balaban J connectivity index is 1.23. The fourth-order valence-electron chi connectivity index (χ4n) is 4.33. The van der Waals surface area contributed by atoms with Crippen molar-refractivity contribution in [2.24, 2.45) is 0 Å². The number of aryl methyl sites for hydroxylation is 2. The van der Waals surface area contributed by atoms with Crippen molar-refractivity contribution in [2.45, 2.75) is 20.3 Å². The molecule has 2 aliphatic heterocycles. The van der Waals surface area contributed by atoms with Crippen molar-refractivity contribution in [1.29, 1.82) is 0 Å². The summed E-state index contributed by atoms with van der Waals surface area (Å²) >= 11 is 0. The van der Waals surface area contributed by atoms with E-state index in [1.807, 2.05) is 49.1 Å². The van der Waals surface area contributed by atoms with Crippen molar-refractivity contribution in [3.8, 4) is 0 Å². The molecule has 30 heavy (non-hydrogen) atoms. The lowest BCUT2D eigenvalue weighted by Crippen LogP contribution is -2.51. The standard InChI is InChI=1S/C24H30N4O2/c1-18-7-8-21(19(2)15-18)25-23(29)16-26-11-13-27(14-12-26)17-24(30)28-10-9-20-5-3-4-6-22(20)28/h3-8,15H,9-14,16-17H2,1-2H3,(H,25,29). The number of benzene rings is 2. The van der Waals surface area contributed by atoms with E-state index in [0.717, 1.165) is 56.1 Å². The van der Waals surface area contributed by atoms with Crippen LogP contribution in [0, 0.1) is 13.8 Å². The molecule has 0 spiro atoms. The molecule has 2 amide bonds. The number of nitrogens with zero attached hydrogens (tertiary/aromatic N) is 3. The van der Waals surface area contributed by atoms with Gasteiger partial charge < -0.3 is 10.2 Å². The summed E-state index contributed by atoms with van der Waals surface area (Å²) in [6.45, 7) is 8.86. The van der Waals surface area contributed by atoms with E-state index in [1.165, 1.54) is 11.1 Å². The SMILES string of the molecule is Cc1ccc(NC(=O)CN2CCN(CC(=O)N3CCc4ccccc43)CC2)c(C)c1. The molecule has 0 unspecified atom stereocenters. The van der Waals surface area contributed by atoms with Crippen LogP contribution in [0.4, 0.5) is 11.4 Å². The van der Waals surface area contributed by atoms with Crippen LogP contribution >= 0.6 is 0 Å². The van der Waals surface area contributed by atoms with Gasteiger partial charge in [-0.05, 0) is 43.5 Å². The number of piperazine rings is 1. The van der Waals surface area contributed by atoms with Crippen LogP contribution in [-0.2, 0) is 16.0 Å². The quantitative estimate of drug-likeness (QED) is 0.829. The van der Waals surface area contributed by atoms with Crippen molar-refractivity contribution in [3.63, 3.8) is 0 Å². The third kappa shape index (κ3) is 4.71. The fourth-order valence-corrected chi connectivity index (χ4v) is 4.33. The van der Waals surface area contributed by atoms with Crippen molar-refractivity contribution in [1.82, 2.24) is 9.80 Å². The van der Waals surface area contributed by atoms with E-state index >= 15 is 0 Å². The van der Waals surface area contributed by atoms with Crippen molar-refractivity contribution < 1.29 is 9.59 Å². The van der Waals surface area contributed by atoms with E-state index < -0.39 is 0 Å². The Kier molecular flexibility index (Phi) is 6.16. The molecule has 158 valence electrons. The molecule has 0 aliphatic carbocycles. The Morgan fingerprint density at radius 3 is 2.33 bits per heavy atom. The van der Waals surface area contributed by atoms with E-state index in [2.05, 4.69) is 27.2 Å². The lowest BCUT2D eigenvalue weighted by molar-refractivity contribution is -0.121. The van der Waals surface area contributed by atoms with Gasteiger partial charge >= 0.3 is 0 Å². The molecule has 0 radical (unpaired) electrons. The molecule has 6 nitrogen and oxygen atoms in total. The largest absolute Gasteiger partial charge is 0.325 e. The predicted molar refractivity (Wildman–Crippen MR) is 120 cm³/mol. The zero-order valence-electron chi connectivity index (χ0n) is 17.9. The van der Waals surface area contributed by atoms with Gasteiger partial charge in [0.15, 0.2) is 0 Å². The zero-order valence-corrected chi connectivity index (χ0v) is 17.9. The van der Waals surface area contributed by atoms with Gasteiger partial charge in [-0.1, -0.05) is 35.9 Å². The summed E-state index contributed by atoms with van der Waals surface area (Å²) in [5.74, 6) is 0.182. The summed E-state index contributed by atoms with van der Waals surface area (Å²) in [6.07, 6.45) is 0.936.